The van der Waals surface area contributed by atoms with E-state index < -0.39 is 0 Å². The predicted molar refractivity (Wildman–Crippen MR) is 37.2 cm³/mol. The molecule has 54 valence electrons. The maximum Gasteiger partial charge on any atom is 2.00 e. The van der Waals surface area contributed by atoms with Crippen molar-refractivity contribution in [3.63, 3.8) is 0 Å². The summed E-state index contributed by atoms with van der Waals surface area (Å²) in [5.74, 6) is 0. The Morgan fingerprint density at radius 1 is 0.750 bits per heavy atom. The Bertz CT molecular complexity index is 13.2. The van der Waals surface area contributed by atoms with Crippen LogP contribution in [-0.2, 0) is 21.1 Å². The average Bonchev–Trinajstić information content (AvgIpc) is 0.811. The summed E-state index contributed by atoms with van der Waals surface area (Å²) in [4.78, 5) is 0.667. The molecule has 0 aliphatic heterocycles. The van der Waals surface area contributed by atoms with Crippen molar-refractivity contribution in [2.24, 2.45) is 0 Å². The van der Waals surface area contributed by atoms with Gasteiger partial charge in [0, 0.05) is 0 Å². The molecule has 0 saturated carbocycles. The van der Waals surface area contributed by atoms with Gasteiger partial charge in [0.15, 0.2) is 0 Å². The molecule has 8 heavy (non-hydrogen) atoms. The van der Waals surface area contributed by atoms with E-state index in [1.165, 1.54) is 0 Å². The van der Waals surface area contributed by atoms with Gasteiger partial charge in [0.2, 0.25) is 0 Å². The molecular weight excluding hydrogens is 270 g/mol. The number of nitrogens with one attached hydrogen (secondary N) is 1. The molecule has 0 spiro atoms. The zero-order valence-electron chi connectivity index (χ0n) is 3.03. The quantitative estimate of drug-likeness (QED) is 0.638. The minimum atomic E-state index is 0. The van der Waals surface area contributed by atoms with Crippen molar-refractivity contribution < 1.29 is 26.0 Å². The van der Waals surface area contributed by atoms with Gasteiger partial charge in [0.25, 0.3) is 0 Å². The van der Waals surface area contributed by atoms with Crippen LogP contribution >= 0.6 is 0 Å². The van der Waals surface area contributed by atoms with Crippen molar-refractivity contribution in [1.82, 2.24) is 0 Å². The van der Waals surface area contributed by atoms with Crippen LogP contribution in [0.25, 0.3) is 0 Å². The van der Waals surface area contributed by atoms with E-state index in [-0.39, 0.29) is 43.3 Å². The van der Waals surface area contributed by atoms with Crippen LogP contribution < -0.4 is 4.90 Å². The largest absolute Gasteiger partial charge is 2.00 e. The Morgan fingerprint density at radius 2 is 0.750 bits per heavy atom. The summed E-state index contributed by atoms with van der Waals surface area (Å²) >= 11 is 0. The van der Waals surface area contributed by atoms with Crippen LogP contribution in [0.15, 0.2) is 0 Å². The van der Waals surface area contributed by atoms with Gasteiger partial charge in [-0.2, -0.15) is 0 Å². The van der Waals surface area contributed by atoms with E-state index >= 15 is 0 Å². The van der Waals surface area contributed by atoms with Crippen molar-refractivity contribution in [3.8, 4) is 0 Å². The second-order valence-corrected chi connectivity index (χ2v) is 0.750. The van der Waals surface area contributed by atoms with Crippen LogP contribution in [0.5, 0.6) is 0 Å². The maximum atomic E-state index is 3.33. The molecule has 0 atom stereocenters. The van der Waals surface area contributed by atoms with Gasteiger partial charge in [-0.3, -0.25) is 0 Å². The fraction of sp³-hybridized carbons (Fsp3) is 0.500. The standard InChI is InChI=1S/C3H7N.3CH4.W/c1-4(2)3;;;;/h4H,1-3H2;3*1H4;/q-2;;;;+2. The summed E-state index contributed by atoms with van der Waals surface area (Å²) in [7, 11) is 10.0. The van der Waals surface area contributed by atoms with Crippen LogP contribution in [0.3, 0.4) is 0 Å². The van der Waals surface area contributed by atoms with Gasteiger partial charge in [-0.25, -0.2) is 21.1 Å². The molecule has 0 aliphatic carbocycles. The molecule has 0 aromatic carbocycles. The molecular formula is C6H19NW. The number of hydrogen-bond donors (Lipinski definition) is 1. The van der Waals surface area contributed by atoms with E-state index in [1.807, 2.05) is 0 Å². The van der Waals surface area contributed by atoms with Gasteiger partial charge in [0.05, 0.1) is 0 Å². The third-order valence-corrected chi connectivity index (χ3v) is 0. The topological polar surface area (TPSA) is 4.44 Å². The Labute approximate surface area is 69.7 Å². The molecule has 0 heterocycles. The first-order valence-corrected chi connectivity index (χ1v) is 1.06. The van der Waals surface area contributed by atoms with E-state index in [2.05, 4.69) is 21.1 Å². The fourth-order valence-corrected chi connectivity index (χ4v) is 0. The van der Waals surface area contributed by atoms with E-state index in [4.69, 9.17) is 0 Å². The Hall–Kier alpha value is 0.648. The second kappa shape index (κ2) is 25.4. The minimum absolute atomic E-state index is 0. The van der Waals surface area contributed by atoms with Gasteiger partial charge in [0.1, 0.15) is 0 Å². The Kier molecular flexibility index (Phi) is 121. The summed E-state index contributed by atoms with van der Waals surface area (Å²) in [6.07, 6.45) is 0. The van der Waals surface area contributed by atoms with E-state index in [1.54, 1.807) is 0 Å². The smallest absolute Gasteiger partial charge is 0.748 e. The second-order valence-electron chi connectivity index (χ2n) is 0.750. The monoisotopic (exact) mass is 289 g/mol. The molecule has 0 aromatic heterocycles. The third-order valence-electron chi connectivity index (χ3n) is 0. The van der Waals surface area contributed by atoms with E-state index in [0.29, 0.717) is 4.90 Å². The van der Waals surface area contributed by atoms with Gasteiger partial charge in [-0.05, 0) is 0 Å². The normalized spacial score (nSPS) is 4.50. The molecule has 0 saturated heterocycles. The Balaban J connectivity index is -0.00000000750. The molecule has 1 nitrogen and oxygen atoms in total. The first-order valence-electron chi connectivity index (χ1n) is 1.06. The van der Waals surface area contributed by atoms with Crippen LogP contribution in [0.4, 0.5) is 0 Å². The molecule has 0 unspecified atom stereocenters. The molecule has 0 aliphatic rings. The molecule has 0 fully saturated rings. The maximum absolute atomic E-state index is 3.33. The van der Waals surface area contributed by atoms with Crippen molar-refractivity contribution in [2.75, 3.05) is 0 Å². The zero-order chi connectivity index (χ0) is 3.58. The summed E-state index contributed by atoms with van der Waals surface area (Å²) < 4.78 is 0. The fourth-order valence-electron chi connectivity index (χ4n) is 0. The molecule has 1 N–H and O–H groups in total. The Morgan fingerprint density at radius 3 is 0.750 bits per heavy atom. The number of hydrogen-bond acceptors (Lipinski definition) is 0. The third kappa shape index (κ3) is 505. The average molecular weight is 289 g/mol. The van der Waals surface area contributed by atoms with Gasteiger partial charge in [-0.15, -0.1) is 0 Å². The predicted octanol–water partition coefficient (Wildman–Crippen LogP) is 1.15. The van der Waals surface area contributed by atoms with Gasteiger partial charge >= 0.3 is 21.1 Å². The van der Waals surface area contributed by atoms with E-state index in [9.17, 15) is 0 Å². The molecule has 0 rings (SSSR count). The number of rotatable bonds is 0. The molecule has 0 bridgehead atoms. The summed E-state index contributed by atoms with van der Waals surface area (Å²) in [6, 6.07) is 0. The van der Waals surface area contributed by atoms with Crippen molar-refractivity contribution in [1.29, 1.82) is 0 Å². The number of quaternary nitrogens is 1. The summed E-state index contributed by atoms with van der Waals surface area (Å²) in [6.45, 7) is 0. The van der Waals surface area contributed by atoms with Crippen molar-refractivity contribution in [3.05, 3.63) is 21.1 Å². The van der Waals surface area contributed by atoms with Crippen LogP contribution in [0.2, 0.25) is 0 Å². The van der Waals surface area contributed by atoms with Crippen molar-refractivity contribution >= 4 is 0 Å². The summed E-state index contributed by atoms with van der Waals surface area (Å²) in [5, 5.41) is 0. The first kappa shape index (κ1) is 38.0. The van der Waals surface area contributed by atoms with Crippen LogP contribution in [-0.4, -0.2) is 0 Å². The molecule has 0 amide bonds. The minimum Gasteiger partial charge on any atom is -0.748 e. The van der Waals surface area contributed by atoms with Crippen molar-refractivity contribution in [2.45, 2.75) is 22.3 Å². The molecule has 2 heteroatoms. The van der Waals surface area contributed by atoms with E-state index in [0.717, 1.165) is 0 Å². The SMILES string of the molecule is C.C.C.[CH2-][NH+]([CH2-])[CH2-].[W+2]. The van der Waals surface area contributed by atoms with Gasteiger partial charge in [-0.1, -0.05) is 22.3 Å². The van der Waals surface area contributed by atoms with Crippen LogP contribution in [0.1, 0.15) is 22.3 Å². The zero-order valence-corrected chi connectivity index (χ0v) is 5.96. The first-order chi connectivity index (χ1) is 1.73. The molecule has 0 aromatic rings. The molecule has 0 radical (unpaired) electrons. The summed E-state index contributed by atoms with van der Waals surface area (Å²) in [5.41, 5.74) is 0. The van der Waals surface area contributed by atoms with Gasteiger partial charge < -0.3 is 4.90 Å². The van der Waals surface area contributed by atoms with Crippen LogP contribution in [0, 0.1) is 21.1 Å².